The molecular weight excluding hydrogens is 376 g/mol. The van der Waals surface area contributed by atoms with E-state index in [4.69, 9.17) is 0 Å². The molecule has 1 fully saturated rings. The Morgan fingerprint density at radius 3 is 2.63 bits per heavy atom. The largest absolute Gasteiger partial charge is 0.341 e. The average molecular weight is 402 g/mol. The number of aryl methyl sites for hydroxylation is 2. The van der Waals surface area contributed by atoms with Crippen molar-refractivity contribution in [3.63, 3.8) is 0 Å². The van der Waals surface area contributed by atoms with Crippen LogP contribution in [0.5, 0.6) is 0 Å². The molecule has 4 heterocycles. The molecule has 0 spiro atoms. The highest BCUT2D eigenvalue weighted by atomic mass is 16.2. The van der Waals surface area contributed by atoms with E-state index in [1.165, 1.54) is 0 Å². The predicted octanol–water partition coefficient (Wildman–Crippen LogP) is 2.75. The lowest BCUT2D eigenvalue weighted by atomic mass is 9.82. The average Bonchev–Trinajstić information content (AvgIpc) is 3.05. The second kappa shape index (κ2) is 7.27. The van der Waals surface area contributed by atoms with Gasteiger partial charge in [0, 0.05) is 56.1 Å². The molecule has 0 aliphatic carbocycles. The summed E-state index contributed by atoms with van der Waals surface area (Å²) in [6, 6.07) is 13.9. The van der Waals surface area contributed by atoms with Gasteiger partial charge in [0.15, 0.2) is 0 Å². The second-order valence-corrected chi connectivity index (χ2v) is 8.67. The minimum Gasteiger partial charge on any atom is -0.341 e. The van der Waals surface area contributed by atoms with Crippen LogP contribution in [0, 0.1) is 12.8 Å². The molecule has 1 amide bonds. The zero-order chi connectivity index (χ0) is 20.8. The van der Waals surface area contributed by atoms with Crippen molar-refractivity contribution >= 4 is 5.91 Å². The fourth-order valence-corrected chi connectivity index (χ4v) is 5.06. The van der Waals surface area contributed by atoms with Crippen LogP contribution >= 0.6 is 0 Å². The summed E-state index contributed by atoms with van der Waals surface area (Å²) in [4.78, 5) is 27.9. The number of amides is 1. The van der Waals surface area contributed by atoms with Gasteiger partial charge < -0.3 is 9.47 Å². The summed E-state index contributed by atoms with van der Waals surface area (Å²) in [6.07, 6.45) is 3.35. The summed E-state index contributed by atoms with van der Waals surface area (Å²) in [5, 5.41) is 4.35. The van der Waals surface area contributed by atoms with E-state index in [1.54, 1.807) is 10.7 Å². The molecule has 2 aliphatic rings. The Hall–Kier alpha value is -3.15. The van der Waals surface area contributed by atoms with E-state index in [1.807, 2.05) is 60.0 Å². The van der Waals surface area contributed by atoms with E-state index in [0.29, 0.717) is 25.4 Å². The SMILES string of the molecule is Cc1nn(C)cc1CC(=O)N1C[C@@H]2C[C@H](C1)c1cc(-c3ccccc3)cc(=O)n1C2. The minimum absolute atomic E-state index is 0.0619. The number of carbonyl (C=O) groups is 1. The molecule has 5 rings (SSSR count). The van der Waals surface area contributed by atoms with Gasteiger partial charge >= 0.3 is 0 Å². The Kier molecular flexibility index (Phi) is 4.57. The van der Waals surface area contributed by atoms with Gasteiger partial charge in [0.25, 0.3) is 5.56 Å². The van der Waals surface area contributed by atoms with E-state index in [0.717, 1.165) is 41.0 Å². The van der Waals surface area contributed by atoms with Gasteiger partial charge in [0.05, 0.1) is 12.1 Å². The highest BCUT2D eigenvalue weighted by Crippen LogP contribution is 2.36. The van der Waals surface area contributed by atoms with Crippen LogP contribution in [0.2, 0.25) is 0 Å². The van der Waals surface area contributed by atoms with Gasteiger partial charge in [0.2, 0.25) is 5.91 Å². The summed E-state index contributed by atoms with van der Waals surface area (Å²) < 4.78 is 3.69. The first-order chi connectivity index (χ1) is 14.5. The molecule has 0 radical (unpaired) electrons. The van der Waals surface area contributed by atoms with E-state index >= 15 is 0 Å². The summed E-state index contributed by atoms with van der Waals surface area (Å²) in [7, 11) is 1.88. The lowest BCUT2D eigenvalue weighted by Crippen LogP contribution is -2.49. The van der Waals surface area contributed by atoms with Crippen LogP contribution < -0.4 is 5.56 Å². The standard InChI is InChI=1S/C24H26N4O2/c1-16-20(14-26(2)25-16)11-23(29)27-12-17-8-21(15-27)22-9-19(10-24(30)28(22)13-17)18-6-4-3-5-7-18/h3-7,9-10,14,17,21H,8,11-13,15H2,1-2H3/t17-,21+/m0/s1. The first-order valence-corrected chi connectivity index (χ1v) is 10.5. The smallest absolute Gasteiger partial charge is 0.251 e. The third-order valence-corrected chi connectivity index (χ3v) is 6.47. The van der Waals surface area contributed by atoms with Gasteiger partial charge in [-0.05, 0) is 36.5 Å². The quantitative estimate of drug-likeness (QED) is 0.677. The number of aromatic nitrogens is 3. The molecule has 0 unspecified atom stereocenters. The van der Waals surface area contributed by atoms with E-state index in [9.17, 15) is 9.59 Å². The monoisotopic (exact) mass is 402 g/mol. The number of benzene rings is 1. The van der Waals surface area contributed by atoms with Crippen LogP contribution in [-0.4, -0.2) is 38.2 Å². The van der Waals surface area contributed by atoms with Crippen molar-refractivity contribution in [3.05, 3.63) is 76.0 Å². The van der Waals surface area contributed by atoms with Gasteiger partial charge in [-0.2, -0.15) is 5.10 Å². The summed E-state index contributed by atoms with van der Waals surface area (Å²) in [5.74, 6) is 0.680. The molecule has 2 aromatic heterocycles. The number of pyridine rings is 1. The van der Waals surface area contributed by atoms with E-state index in [-0.39, 0.29) is 17.4 Å². The Morgan fingerprint density at radius 2 is 1.90 bits per heavy atom. The van der Waals surface area contributed by atoms with Crippen molar-refractivity contribution in [2.45, 2.75) is 32.2 Å². The van der Waals surface area contributed by atoms with Crippen molar-refractivity contribution in [2.75, 3.05) is 13.1 Å². The van der Waals surface area contributed by atoms with Crippen LogP contribution in [0.3, 0.4) is 0 Å². The summed E-state index contributed by atoms with van der Waals surface area (Å²) in [5.41, 5.74) is 5.03. The molecule has 0 saturated carbocycles. The summed E-state index contributed by atoms with van der Waals surface area (Å²) in [6.45, 7) is 4.03. The number of piperidine rings is 1. The fraction of sp³-hybridized carbons (Fsp3) is 0.375. The van der Waals surface area contributed by atoms with Crippen molar-refractivity contribution in [1.82, 2.24) is 19.2 Å². The van der Waals surface area contributed by atoms with Gasteiger partial charge in [-0.3, -0.25) is 14.3 Å². The maximum atomic E-state index is 13.0. The fourth-order valence-electron chi connectivity index (χ4n) is 5.06. The number of nitrogens with zero attached hydrogens (tertiary/aromatic N) is 4. The summed E-state index contributed by atoms with van der Waals surface area (Å²) >= 11 is 0. The highest BCUT2D eigenvalue weighted by Gasteiger charge is 2.36. The number of hydrogen-bond donors (Lipinski definition) is 0. The van der Waals surface area contributed by atoms with Gasteiger partial charge in [0.1, 0.15) is 0 Å². The van der Waals surface area contributed by atoms with Crippen LogP contribution in [0.1, 0.15) is 29.3 Å². The number of likely N-dealkylation sites (tertiary alicyclic amines) is 1. The first-order valence-electron chi connectivity index (χ1n) is 10.5. The number of rotatable bonds is 3. The molecule has 1 saturated heterocycles. The lowest BCUT2D eigenvalue weighted by molar-refractivity contribution is -0.133. The van der Waals surface area contributed by atoms with Crippen LogP contribution in [0.25, 0.3) is 11.1 Å². The molecule has 3 aromatic rings. The molecule has 2 bridgehead atoms. The Labute approximate surface area is 175 Å². The predicted molar refractivity (Wildman–Crippen MR) is 115 cm³/mol. The van der Waals surface area contributed by atoms with Crippen molar-refractivity contribution < 1.29 is 4.79 Å². The third kappa shape index (κ3) is 3.36. The molecule has 0 N–H and O–H groups in total. The van der Waals surface area contributed by atoms with Crippen LogP contribution in [-0.2, 0) is 24.8 Å². The first kappa shape index (κ1) is 18.9. The van der Waals surface area contributed by atoms with Gasteiger partial charge in [-0.1, -0.05) is 30.3 Å². The molecule has 1 aromatic carbocycles. The molecule has 30 heavy (non-hydrogen) atoms. The van der Waals surface area contributed by atoms with Gasteiger partial charge in [-0.15, -0.1) is 0 Å². The van der Waals surface area contributed by atoms with Crippen LogP contribution in [0.15, 0.2) is 53.5 Å². The Bertz CT molecular complexity index is 1160. The van der Waals surface area contributed by atoms with Gasteiger partial charge in [-0.25, -0.2) is 0 Å². The molecule has 6 nitrogen and oxygen atoms in total. The topological polar surface area (TPSA) is 60.1 Å². The maximum Gasteiger partial charge on any atom is 0.251 e. The Morgan fingerprint density at radius 1 is 1.10 bits per heavy atom. The molecular formula is C24H26N4O2. The zero-order valence-corrected chi connectivity index (χ0v) is 17.4. The second-order valence-electron chi connectivity index (χ2n) is 8.67. The van der Waals surface area contributed by atoms with Crippen molar-refractivity contribution in [1.29, 1.82) is 0 Å². The normalized spacial score (nSPS) is 20.1. The Balaban J connectivity index is 1.42. The zero-order valence-electron chi connectivity index (χ0n) is 17.4. The molecule has 6 heteroatoms. The molecule has 2 aliphatic heterocycles. The third-order valence-electron chi connectivity index (χ3n) is 6.47. The van der Waals surface area contributed by atoms with E-state index < -0.39 is 0 Å². The number of fused-ring (bicyclic) bond motifs is 4. The van der Waals surface area contributed by atoms with E-state index in [2.05, 4.69) is 11.2 Å². The number of carbonyl (C=O) groups excluding carboxylic acids is 1. The van der Waals surface area contributed by atoms with Crippen LogP contribution in [0.4, 0.5) is 0 Å². The van der Waals surface area contributed by atoms with Crippen molar-refractivity contribution in [2.24, 2.45) is 13.0 Å². The van der Waals surface area contributed by atoms with Crippen molar-refractivity contribution in [3.8, 4) is 11.1 Å². The minimum atomic E-state index is 0.0619. The lowest BCUT2D eigenvalue weighted by Gasteiger charge is -2.43. The maximum absolute atomic E-state index is 13.0. The number of hydrogen-bond acceptors (Lipinski definition) is 3. The highest BCUT2D eigenvalue weighted by molar-refractivity contribution is 5.79. The molecule has 154 valence electrons. The molecule has 2 atom stereocenters.